The molecule has 7 heteroatoms. The van der Waals surface area contributed by atoms with Crippen molar-refractivity contribution in [3.05, 3.63) is 78.4 Å². The van der Waals surface area contributed by atoms with E-state index in [4.69, 9.17) is 4.98 Å². The van der Waals surface area contributed by atoms with Crippen LogP contribution in [0.15, 0.2) is 67.1 Å². The van der Waals surface area contributed by atoms with Crippen LogP contribution in [0.5, 0.6) is 0 Å². The van der Waals surface area contributed by atoms with Gasteiger partial charge >= 0.3 is 0 Å². The number of nitrogens with zero attached hydrogens (tertiary/aromatic N) is 5. The Morgan fingerprint density at radius 1 is 1.03 bits per heavy atom. The Balaban J connectivity index is 1.58. The normalized spacial score (nSPS) is 11.1. The SMILES string of the molecule is Cc1nn(C)c2ncc(NC(=O)c3cc(-c4ccncc4)nc4ccccc34)cc12. The summed E-state index contributed by atoms with van der Waals surface area (Å²) in [5.41, 5.74) is 5.20. The molecule has 0 fully saturated rings. The maximum absolute atomic E-state index is 13.2. The first-order chi connectivity index (χ1) is 14.6. The fourth-order valence-electron chi connectivity index (χ4n) is 3.61. The number of fused-ring (bicyclic) bond motifs is 2. The quantitative estimate of drug-likeness (QED) is 0.497. The van der Waals surface area contributed by atoms with Crippen LogP contribution >= 0.6 is 0 Å². The van der Waals surface area contributed by atoms with Gasteiger partial charge in [0.1, 0.15) is 0 Å². The molecule has 0 saturated heterocycles. The van der Waals surface area contributed by atoms with Crippen LogP contribution in [0, 0.1) is 6.92 Å². The topological polar surface area (TPSA) is 85.6 Å². The van der Waals surface area contributed by atoms with Crippen LogP contribution < -0.4 is 5.32 Å². The number of carbonyl (C=O) groups is 1. The molecule has 4 aromatic heterocycles. The molecule has 1 aromatic carbocycles. The largest absolute Gasteiger partial charge is 0.321 e. The molecule has 0 aliphatic carbocycles. The fraction of sp³-hybridized carbons (Fsp3) is 0.0870. The summed E-state index contributed by atoms with van der Waals surface area (Å²) in [6.45, 7) is 1.92. The molecule has 1 amide bonds. The van der Waals surface area contributed by atoms with Crippen LogP contribution in [0.4, 0.5) is 5.69 Å². The van der Waals surface area contributed by atoms with E-state index in [0.717, 1.165) is 38.9 Å². The molecule has 5 aromatic rings. The van der Waals surface area contributed by atoms with E-state index in [1.807, 2.05) is 62.5 Å². The number of aromatic nitrogens is 5. The van der Waals surface area contributed by atoms with Gasteiger partial charge in [-0.15, -0.1) is 0 Å². The molecule has 146 valence electrons. The molecular weight excluding hydrogens is 376 g/mol. The Morgan fingerprint density at radius 2 is 1.83 bits per heavy atom. The number of hydrogen-bond donors (Lipinski definition) is 1. The number of hydrogen-bond acceptors (Lipinski definition) is 5. The Kier molecular flexibility index (Phi) is 4.21. The zero-order chi connectivity index (χ0) is 20.7. The standard InChI is InChI=1S/C23H18N6O/c1-14-18-11-16(13-25-22(18)29(2)28-14)26-23(30)19-12-21(15-7-9-24-10-8-15)27-20-6-4-3-5-17(19)20/h3-13H,1-2H3,(H,26,30). The first kappa shape index (κ1) is 17.9. The third-order valence-electron chi connectivity index (χ3n) is 5.06. The lowest BCUT2D eigenvalue weighted by molar-refractivity contribution is 0.102. The minimum absolute atomic E-state index is 0.216. The number of benzene rings is 1. The Bertz CT molecular complexity index is 1410. The van der Waals surface area contributed by atoms with E-state index in [9.17, 15) is 4.79 Å². The fourth-order valence-corrected chi connectivity index (χ4v) is 3.61. The monoisotopic (exact) mass is 394 g/mol. The van der Waals surface area contributed by atoms with Crippen LogP contribution in [-0.4, -0.2) is 30.6 Å². The molecule has 1 N–H and O–H groups in total. The Morgan fingerprint density at radius 3 is 2.67 bits per heavy atom. The zero-order valence-electron chi connectivity index (χ0n) is 16.5. The molecule has 5 rings (SSSR count). The number of aryl methyl sites for hydroxylation is 2. The third-order valence-corrected chi connectivity index (χ3v) is 5.06. The molecule has 0 bridgehead atoms. The second-order valence-corrected chi connectivity index (χ2v) is 7.07. The van der Waals surface area contributed by atoms with E-state index in [1.54, 1.807) is 23.3 Å². The van der Waals surface area contributed by atoms with E-state index in [0.29, 0.717) is 11.3 Å². The number of anilines is 1. The summed E-state index contributed by atoms with van der Waals surface area (Å²) in [7, 11) is 1.85. The van der Waals surface area contributed by atoms with Crippen LogP contribution in [0.2, 0.25) is 0 Å². The summed E-state index contributed by atoms with van der Waals surface area (Å²) < 4.78 is 1.73. The Labute approximate surface area is 172 Å². The van der Waals surface area contributed by atoms with Crippen molar-refractivity contribution in [3.63, 3.8) is 0 Å². The number of amides is 1. The van der Waals surface area contributed by atoms with Crippen LogP contribution in [-0.2, 0) is 7.05 Å². The van der Waals surface area contributed by atoms with E-state index in [1.165, 1.54) is 0 Å². The second kappa shape index (κ2) is 7.04. The van der Waals surface area contributed by atoms with Gasteiger partial charge in [-0.25, -0.2) is 9.97 Å². The first-order valence-electron chi connectivity index (χ1n) is 9.51. The molecule has 0 atom stereocenters. The lowest BCUT2D eigenvalue weighted by atomic mass is 10.0. The van der Waals surface area contributed by atoms with Gasteiger partial charge in [0.05, 0.1) is 34.4 Å². The smallest absolute Gasteiger partial charge is 0.256 e. The predicted molar refractivity (Wildman–Crippen MR) is 116 cm³/mol. The van der Waals surface area contributed by atoms with Gasteiger partial charge in [0, 0.05) is 35.8 Å². The lowest BCUT2D eigenvalue weighted by Gasteiger charge is -2.11. The molecule has 0 aliphatic heterocycles. The summed E-state index contributed by atoms with van der Waals surface area (Å²) in [6.07, 6.45) is 5.07. The highest BCUT2D eigenvalue weighted by Gasteiger charge is 2.15. The summed E-state index contributed by atoms with van der Waals surface area (Å²) in [4.78, 5) is 26.5. The number of rotatable bonds is 3. The van der Waals surface area contributed by atoms with Gasteiger partial charge in [0.2, 0.25) is 0 Å². The highest BCUT2D eigenvalue weighted by atomic mass is 16.1. The van der Waals surface area contributed by atoms with Crippen LogP contribution in [0.1, 0.15) is 16.1 Å². The number of pyridine rings is 3. The molecular formula is C23H18N6O. The summed E-state index contributed by atoms with van der Waals surface area (Å²) in [5.74, 6) is -0.216. The summed E-state index contributed by atoms with van der Waals surface area (Å²) in [5, 5.41) is 9.06. The van der Waals surface area contributed by atoms with Gasteiger partial charge in [-0.2, -0.15) is 5.10 Å². The zero-order valence-corrected chi connectivity index (χ0v) is 16.5. The first-order valence-corrected chi connectivity index (χ1v) is 9.51. The average Bonchev–Trinajstić information content (AvgIpc) is 3.06. The third kappa shape index (κ3) is 3.06. The van der Waals surface area contributed by atoms with Crippen LogP contribution in [0.25, 0.3) is 33.2 Å². The molecule has 0 unspecified atom stereocenters. The molecule has 7 nitrogen and oxygen atoms in total. The van der Waals surface area contributed by atoms with Gasteiger partial charge in [0.15, 0.2) is 5.65 Å². The molecule has 0 aliphatic rings. The van der Waals surface area contributed by atoms with E-state index in [-0.39, 0.29) is 5.91 Å². The minimum Gasteiger partial charge on any atom is -0.321 e. The van der Waals surface area contributed by atoms with Gasteiger partial charge in [-0.3, -0.25) is 14.5 Å². The van der Waals surface area contributed by atoms with Gasteiger partial charge < -0.3 is 5.32 Å². The van der Waals surface area contributed by atoms with Crippen molar-refractivity contribution in [1.82, 2.24) is 24.7 Å². The van der Waals surface area contributed by atoms with Crippen molar-refractivity contribution >= 4 is 33.5 Å². The van der Waals surface area contributed by atoms with E-state index in [2.05, 4.69) is 20.4 Å². The van der Waals surface area contributed by atoms with Crippen molar-refractivity contribution in [3.8, 4) is 11.3 Å². The Hall–Kier alpha value is -4.13. The average molecular weight is 394 g/mol. The number of para-hydroxylation sites is 1. The maximum Gasteiger partial charge on any atom is 0.256 e. The van der Waals surface area contributed by atoms with Crippen molar-refractivity contribution in [2.45, 2.75) is 6.92 Å². The molecule has 0 spiro atoms. The maximum atomic E-state index is 13.2. The highest BCUT2D eigenvalue weighted by molar-refractivity contribution is 6.13. The van der Waals surface area contributed by atoms with Crippen molar-refractivity contribution < 1.29 is 4.79 Å². The van der Waals surface area contributed by atoms with Crippen LogP contribution in [0.3, 0.4) is 0 Å². The second-order valence-electron chi connectivity index (χ2n) is 7.07. The minimum atomic E-state index is -0.216. The highest BCUT2D eigenvalue weighted by Crippen LogP contribution is 2.26. The van der Waals surface area contributed by atoms with Crippen molar-refractivity contribution in [1.29, 1.82) is 0 Å². The number of nitrogens with one attached hydrogen (secondary N) is 1. The van der Waals surface area contributed by atoms with E-state index >= 15 is 0 Å². The number of carbonyl (C=O) groups excluding carboxylic acids is 1. The van der Waals surface area contributed by atoms with Gasteiger partial charge in [-0.1, -0.05) is 18.2 Å². The summed E-state index contributed by atoms with van der Waals surface area (Å²) in [6, 6.07) is 15.1. The van der Waals surface area contributed by atoms with E-state index < -0.39 is 0 Å². The predicted octanol–water partition coefficient (Wildman–Crippen LogP) is 4.14. The molecule has 30 heavy (non-hydrogen) atoms. The molecule has 0 saturated carbocycles. The van der Waals surface area contributed by atoms with Crippen molar-refractivity contribution in [2.75, 3.05) is 5.32 Å². The van der Waals surface area contributed by atoms with Crippen molar-refractivity contribution in [2.24, 2.45) is 7.05 Å². The summed E-state index contributed by atoms with van der Waals surface area (Å²) >= 11 is 0. The van der Waals surface area contributed by atoms with Gasteiger partial charge in [0.25, 0.3) is 5.91 Å². The molecule has 4 heterocycles. The van der Waals surface area contributed by atoms with Gasteiger partial charge in [-0.05, 0) is 37.3 Å². The molecule has 0 radical (unpaired) electrons. The lowest BCUT2D eigenvalue weighted by Crippen LogP contribution is -2.13.